The van der Waals surface area contributed by atoms with E-state index >= 15 is 0 Å². The van der Waals surface area contributed by atoms with E-state index in [2.05, 4.69) is 21.2 Å². The topological polar surface area (TPSA) is 49.4 Å². The number of hydrogen-bond acceptors (Lipinski definition) is 2. The number of carbonyl (C=O) groups is 2. The first kappa shape index (κ1) is 23.7. The van der Waals surface area contributed by atoms with Gasteiger partial charge in [0.05, 0.1) is 6.42 Å². The number of likely N-dealkylation sites (N-methyl/N-ethyl adjacent to an activating group) is 1. The average Bonchev–Trinajstić information content (AvgIpc) is 2.78. The molecule has 3 rings (SSSR count). The minimum Gasteiger partial charge on any atom is -0.355 e. The first-order valence-corrected chi connectivity index (χ1v) is 11.7. The molecule has 0 spiro atoms. The van der Waals surface area contributed by atoms with Gasteiger partial charge in [-0.2, -0.15) is 0 Å². The van der Waals surface area contributed by atoms with Gasteiger partial charge in [0.15, 0.2) is 0 Å². The highest BCUT2D eigenvalue weighted by atomic mass is 79.9. The van der Waals surface area contributed by atoms with Gasteiger partial charge in [0.25, 0.3) is 0 Å². The van der Waals surface area contributed by atoms with Crippen molar-refractivity contribution in [2.45, 2.75) is 39.3 Å². The van der Waals surface area contributed by atoms with Crippen molar-refractivity contribution in [3.8, 4) is 0 Å². The maximum atomic E-state index is 13.6. The summed E-state index contributed by atoms with van der Waals surface area (Å²) in [6.45, 7) is 4.79. The van der Waals surface area contributed by atoms with Crippen LogP contribution in [-0.2, 0) is 29.0 Å². The van der Waals surface area contributed by atoms with Crippen molar-refractivity contribution >= 4 is 27.7 Å². The quantitative estimate of drug-likeness (QED) is 0.452. The lowest BCUT2D eigenvalue weighted by Gasteiger charge is -2.31. The summed E-state index contributed by atoms with van der Waals surface area (Å²) in [7, 11) is 0. The smallest absolute Gasteiger partial charge is 0.243 e. The highest BCUT2D eigenvalue weighted by molar-refractivity contribution is 9.10. The number of rotatable bonds is 9. The number of amides is 2. The predicted octanol–water partition coefficient (Wildman–Crippen LogP) is 5.08. The van der Waals surface area contributed by atoms with Crippen molar-refractivity contribution in [3.63, 3.8) is 0 Å². The second-order valence-electron chi connectivity index (χ2n) is 7.91. The Hall–Kier alpha value is -2.92. The highest BCUT2D eigenvalue weighted by Gasteiger charge is 2.30. The van der Waals surface area contributed by atoms with Crippen LogP contribution in [0.15, 0.2) is 83.3 Å². The summed E-state index contributed by atoms with van der Waals surface area (Å²) in [6.07, 6.45) is 0.708. The van der Waals surface area contributed by atoms with Crippen molar-refractivity contribution < 1.29 is 9.59 Å². The minimum absolute atomic E-state index is 0.0685. The Morgan fingerprint density at radius 2 is 1.59 bits per heavy atom. The zero-order valence-corrected chi connectivity index (χ0v) is 20.1. The van der Waals surface area contributed by atoms with Crippen LogP contribution in [0.25, 0.3) is 0 Å². The SMILES string of the molecule is CCNC(=O)[C@H](Cc1ccccc1)N(Cc1cccc(Br)c1)C(=O)Cc1ccc(C)cc1. The normalized spacial score (nSPS) is 11.6. The lowest BCUT2D eigenvalue weighted by molar-refractivity contribution is -0.140. The standard InChI is InChI=1S/C27H29BrN2O2/c1-3-29-27(32)25(17-21-8-5-4-6-9-21)30(19-23-10-7-11-24(28)16-23)26(31)18-22-14-12-20(2)13-15-22/h4-16,25H,3,17-19H2,1-2H3,(H,29,32)/t25-/m0/s1. The molecule has 5 heteroatoms. The molecule has 166 valence electrons. The second kappa shape index (κ2) is 11.6. The summed E-state index contributed by atoms with van der Waals surface area (Å²) in [5, 5.41) is 2.93. The lowest BCUT2D eigenvalue weighted by Crippen LogP contribution is -2.50. The molecule has 3 aromatic carbocycles. The van der Waals surface area contributed by atoms with Gasteiger partial charge in [0, 0.05) is 24.0 Å². The zero-order valence-electron chi connectivity index (χ0n) is 18.6. The Morgan fingerprint density at radius 3 is 2.25 bits per heavy atom. The van der Waals surface area contributed by atoms with Crippen LogP contribution in [0.5, 0.6) is 0 Å². The van der Waals surface area contributed by atoms with Gasteiger partial charge in [-0.05, 0) is 42.7 Å². The number of nitrogens with zero attached hydrogens (tertiary/aromatic N) is 1. The van der Waals surface area contributed by atoms with Crippen molar-refractivity contribution in [3.05, 3.63) is 106 Å². The molecule has 3 aromatic rings. The summed E-state index contributed by atoms with van der Waals surface area (Å²) < 4.78 is 0.943. The van der Waals surface area contributed by atoms with Gasteiger partial charge in [0.1, 0.15) is 6.04 Å². The Kier molecular flexibility index (Phi) is 8.63. The van der Waals surface area contributed by atoms with E-state index in [0.29, 0.717) is 19.5 Å². The van der Waals surface area contributed by atoms with Gasteiger partial charge in [-0.15, -0.1) is 0 Å². The first-order chi connectivity index (χ1) is 15.5. The van der Waals surface area contributed by atoms with Crippen LogP contribution in [0.2, 0.25) is 0 Å². The summed E-state index contributed by atoms with van der Waals surface area (Å²) in [5.74, 6) is -0.204. The third-order valence-corrected chi connectivity index (χ3v) is 5.83. The monoisotopic (exact) mass is 492 g/mol. The third kappa shape index (κ3) is 6.79. The molecule has 0 saturated carbocycles. The van der Waals surface area contributed by atoms with Crippen LogP contribution in [0, 0.1) is 6.92 Å². The molecule has 1 N–H and O–H groups in total. The van der Waals surface area contributed by atoms with Gasteiger partial charge in [-0.3, -0.25) is 9.59 Å². The van der Waals surface area contributed by atoms with Crippen molar-refractivity contribution in [1.29, 1.82) is 0 Å². The average molecular weight is 493 g/mol. The lowest BCUT2D eigenvalue weighted by atomic mass is 10.0. The number of halogens is 1. The van der Waals surface area contributed by atoms with E-state index in [4.69, 9.17) is 0 Å². The summed E-state index contributed by atoms with van der Waals surface area (Å²) in [5.41, 5.74) is 4.08. The number of benzene rings is 3. The molecule has 0 radical (unpaired) electrons. The van der Waals surface area contributed by atoms with E-state index in [1.807, 2.05) is 92.7 Å². The summed E-state index contributed by atoms with van der Waals surface area (Å²) in [4.78, 5) is 28.4. The van der Waals surface area contributed by atoms with E-state index in [1.165, 1.54) is 0 Å². The number of nitrogens with one attached hydrogen (secondary N) is 1. The first-order valence-electron chi connectivity index (χ1n) is 10.9. The van der Waals surface area contributed by atoms with Gasteiger partial charge < -0.3 is 10.2 Å². The minimum atomic E-state index is -0.603. The molecule has 4 nitrogen and oxygen atoms in total. The Bertz CT molecular complexity index is 1040. The van der Waals surface area contributed by atoms with E-state index in [1.54, 1.807) is 4.90 Å². The molecule has 0 aliphatic heterocycles. The molecular formula is C27H29BrN2O2. The van der Waals surface area contributed by atoms with Crippen LogP contribution in [0.3, 0.4) is 0 Å². The van der Waals surface area contributed by atoms with Crippen molar-refractivity contribution in [2.75, 3.05) is 6.54 Å². The number of hydrogen-bond donors (Lipinski definition) is 1. The van der Waals surface area contributed by atoms with E-state index < -0.39 is 6.04 Å². The fourth-order valence-electron chi connectivity index (χ4n) is 3.66. The molecule has 0 aliphatic rings. The van der Waals surface area contributed by atoms with Gasteiger partial charge >= 0.3 is 0 Å². The van der Waals surface area contributed by atoms with Crippen molar-refractivity contribution in [2.24, 2.45) is 0 Å². The van der Waals surface area contributed by atoms with E-state index in [0.717, 1.165) is 26.7 Å². The van der Waals surface area contributed by atoms with Gasteiger partial charge in [0.2, 0.25) is 11.8 Å². The maximum Gasteiger partial charge on any atom is 0.243 e. The van der Waals surface area contributed by atoms with Crippen LogP contribution >= 0.6 is 15.9 Å². The van der Waals surface area contributed by atoms with Gasteiger partial charge in [-0.1, -0.05) is 88.2 Å². The van der Waals surface area contributed by atoms with Crippen LogP contribution in [-0.4, -0.2) is 29.3 Å². The van der Waals surface area contributed by atoms with Gasteiger partial charge in [-0.25, -0.2) is 0 Å². The largest absolute Gasteiger partial charge is 0.355 e. The molecule has 0 bridgehead atoms. The summed E-state index contributed by atoms with van der Waals surface area (Å²) >= 11 is 3.51. The number of aryl methyl sites for hydroxylation is 1. The Balaban J connectivity index is 1.94. The molecule has 0 saturated heterocycles. The summed E-state index contributed by atoms with van der Waals surface area (Å²) in [6, 6.07) is 25.1. The predicted molar refractivity (Wildman–Crippen MR) is 132 cm³/mol. The van der Waals surface area contributed by atoms with Crippen LogP contribution < -0.4 is 5.32 Å². The zero-order chi connectivity index (χ0) is 22.9. The molecule has 0 aromatic heterocycles. The fraction of sp³-hybridized carbons (Fsp3) is 0.259. The molecule has 2 amide bonds. The molecule has 0 fully saturated rings. The Morgan fingerprint density at radius 1 is 0.906 bits per heavy atom. The van der Waals surface area contributed by atoms with E-state index in [-0.39, 0.29) is 18.2 Å². The molecule has 0 heterocycles. The van der Waals surface area contributed by atoms with Crippen LogP contribution in [0.4, 0.5) is 0 Å². The highest BCUT2D eigenvalue weighted by Crippen LogP contribution is 2.19. The molecule has 32 heavy (non-hydrogen) atoms. The fourth-order valence-corrected chi connectivity index (χ4v) is 4.11. The van der Waals surface area contributed by atoms with Crippen molar-refractivity contribution in [1.82, 2.24) is 10.2 Å². The van der Waals surface area contributed by atoms with E-state index in [9.17, 15) is 9.59 Å². The Labute approximate surface area is 198 Å². The molecule has 0 aliphatic carbocycles. The molecule has 1 atom stereocenters. The van der Waals surface area contributed by atoms with Crippen LogP contribution in [0.1, 0.15) is 29.2 Å². The molecular weight excluding hydrogens is 464 g/mol. The maximum absolute atomic E-state index is 13.6. The molecule has 0 unspecified atom stereocenters. The second-order valence-corrected chi connectivity index (χ2v) is 8.83. The third-order valence-electron chi connectivity index (χ3n) is 5.34. The number of carbonyl (C=O) groups excluding carboxylic acids is 2.